The lowest BCUT2D eigenvalue weighted by Crippen LogP contribution is -2.72. The summed E-state index contributed by atoms with van der Waals surface area (Å²) in [5.74, 6) is 1.16. The maximum Gasteiger partial charge on any atom is 0.364 e. The highest BCUT2D eigenvalue weighted by Crippen LogP contribution is 2.52. The van der Waals surface area contributed by atoms with E-state index in [1.54, 1.807) is 0 Å². The van der Waals surface area contributed by atoms with Crippen molar-refractivity contribution in [2.45, 2.75) is 73.3 Å². The number of fused-ring (bicyclic) bond motifs is 16. The van der Waals surface area contributed by atoms with Gasteiger partial charge in [0.15, 0.2) is 22.8 Å². The minimum atomic E-state index is -1.82. The number of nitrogens with zero attached hydrogens (tertiary/aromatic N) is 3. The molecular formula is C48H47N3OSi+2. The van der Waals surface area contributed by atoms with Crippen LogP contribution in [-0.2, 0) is 12.1 Å². The molecule has 10 rings (SSSR count). The average molecular weight is 710 g/mol. The fraction of sp³-hybridized carbons (Fsp3) is 0.250. The van der Waals surface area contributed by atoms with Crippen molar-refractivity contribution in [2.75, 3.05) is 0 Å². The third-order valence-corrected chi connectivity index (χ3v) is 13.9. The fourth-order valence-corrected chi connectivity index (χ4v) is 11.4. The van der Waals surface area contributed by atoms with Crippen LogP contribution in [0.1, 0.15) is 54.2 Å². The van der Waals surface area contributed by atoms with Crippen molar-refractivity contribution in [2.24, 2.45) is 5.41 Å². The molecule has 0 radical (unpaired) electrons. The smallest absolute Gasteiger partial charge is 0.364 e. The SMILES string of the molecule is Cc1ccc2c(c1)C1(c3ccc4c(oc5ccccc54)c3-c3n(-c4c(C)cccc4C)c4ccccc4[n+]31)[n+]1cc([Si](C)(C)C)c(CC(C)(C)C)cc1-2. The molecule has 0 aliphatic carbocycles. The Balaban J connectivity index is 1.47. The first-order chi connectivity index (χ1) is 25.3. The van der Waals surface area contributed by atoms with E-state index in [-0.39, 0.29) is 5.41 Å². The van der Waals surface area contributed by atoms with Gasteiger partial charge in [-0.05, 0) is 91.8 Å². The molecule has 0 saturated carbocycles. The first-order valence-electron chi connectivity index (χ1n) is 19.1. The standard InChI is InChI=1S/C48H47N3OSi/c1-29-21-22-35-37(25-29)48(49-28-42(53(7,8)9)32(26-40(35)49)27-47(4,5)6)36-24-23-34-33-17-10-13-20-41(33)52-45(34)43(36)46-50(44-30(2)15-14-16-31(44)3)38-18-11-12-19-39(38)51(46)48/h10-26,28H,27H2,1-9H3/q+2. The Morgan fingerprint density at radius 3 is 2.25 bits per heavy atom. The molecule has 0 amide bonds. The largest absolute Gasteiger partial charge is 0.455 e. The van der Waals surface area contributed by atoms with Gasteiger partial charge in [0.2, 0.25) is 5.69 Å². The highest BCUT2D eigenvalue weighted by molar-refractivity contribution is 6.89. The summed E-state index contributed by atoms with van der Waals surface area (Å²) in [4.78, 5) is 0. The van der Waals surface area contributed by atoms with Crippen molar-refractivity contribution in [1.29, 1.82) is 0 Å². The zero-order valence-electron chi connectivity index (χ0n) is 32.3. The van der Waals surface area contributed by atoms with E-state index < -0.39 is 13.7 Å². The Hall–Kier alpha value is -5.26. The lowest BCUT2D eigenvalue weighted by Gasteiger charge is -2.26. The number of imidazole rings is 1. The summed E-state index contributed by atoms with van der Waals surface area (Å²) < 4.78 is 14.9. The fourth-order valence-electron chi connectivity index (χ4n) is 9.79. The van der Waals surface area contributed by atoms with E-state index in [9.17, 15) is 0 Å². The van der Waals surface area contributed by atoms with Gasteiger partial charge in [-0.2, -0.15) is 4.57 Å². The third-order valence-electron chi connectivity index (χ3n) is 11.8. The van der Waals surface area contributed by atoms with Crippen LogP contribution in [0.3, 0.4) is 0 Å². The highest BCUT2D eigenvalue weighted by Gasteiger charge is 2.67. The number of furan rings is 1. The molecule has 5 heteroatoms. The molecule has 2 aliphatic heterocycles. The topological polar surface area (TPSA) is 25.8 Å². The molecule has 0 N–H and O–H groups in total. The minimum absolute atomic E-state index is 0.160. The number of hydrogen-bond donors (Lipinski definition) is 0. The zero-order valence-corrected chi connectivity index (χ0v) is 33.3. The van der Waals surface area contributed by atoms with E-state index in [0.29, 0.717) is 0 Å². The van der Waals surface area contributed by atoms with Crippen LogP contribution in [-0.4, -0.2) is 12.6 Å². The Morgan fingerprint density at radius 2 is 1.49 bits per heavy atom. The number of hydrogen-bond acceptors (Lipinski definition) is 1. The molecular weight excluding hydrogens is 663 g/mol. The van der Waals surface area contributed by atoms with Crippen LogP contribution in [0, 0.1) is 26.2 Å². The second-order valence-corrected chi connectivity index (χ2v) is 22.9. The molecule has 3 aromatic heterocycles. The van der Waals surface area contributed by atoms with Gasteiger partial charge in [-0.3, -0.25) is 0 Å². The van der Waals surface area contributed by atoms with Gasteiger partial charge >= 0.3 is 11.5 Å². The first kappa shape index (κ1) is 32.4. The summed E-state index contributed by atoms with van der Waals surface area (Å²) in [5, 5.41) is 3.83. The van der Waals surface area contributed by atoms with Crippen molar-refractivity contribution in [1.82, 2.24) is 4.57 Å². The summed E-state index contributed by atoms with van der Waals surface area (Å²) in [5.41, 5.74) is 16.5. The van der Waals surface area contributed by atoms with E-state index in [1.807, 2.05) is 0 Å². The number of pyridine rings is 1. The van der Waals surface area contributed by atoms with Gasteiger partial charge in [0.05, 0.1) is 24.8 Å². The van der Waals surface area contributed by atoms with Gasteiger partial charge in [-0.25, -0.2) is 0 Å². The van der Waals surface area contributed by atoms with E-state index >= 15 is 0 Å². The predicted octanol–water partition coefficient (Wildman–Crippen LogP) is 10.4. The maximum absolute atomic E-state index is 7.02. The van der Waals surface area contributed by atoms with Crippen molar-refractivity contribution < 1.29 is 13.6 Å². The molecule has 1 spiro atoms. The quantitative estimate of drug-likeness (QED) is 0.132. The van der Waals surface area contributed by atoms with Gasteiger partial charge in [0, 0.05) is 22.0 Å². The van der Waals surface area contributed by atoms with Crippen LogP contribution in [0.5, 0.6) is 0 Å². The molecule has 5 aromatic carbocycles. The number of benzene rings is 5. The van der Waals surface area contributed by atoms with Gasteiger partial charge in [-0.15, -0.1) is 9.13 Å². The molecule has 2 aliphatic rings. The van der Waals surface area contributed by atoms with Crippen molar-refractivity contribution in [3.63, 3.8) is 0 Å². The second-order valence-electron chi connectivity index (χ2n) is 17.9. The summed E-state index contributed by atoms with van der Waals surface area (Å²) in [6.07, 6.45) is 3.62. The number of aromatic nitrogens is 3. The van der Waals surface area contributed by atoms with Gasteiger partial charge in [0.1, 0.15) is 16.8 Å². The number of para-hydroxylation sites is 4. The Bertz CT molecular complexity index is 2860. The van der Waals surface area contributed by atoms with E-state index in [2.05, 4.69) is 184 Å². The second kappa shape index (κ2) is 10.7. The molecule has 262 valence electrons. The minimum Gasteiger partial charge on any atom is -0.455 e. The van der Waals surface area contributed by atoms with Gasteiger partial charge in [0.25, 0.3) is 0 Å². The van der Waals surface area contributed by atoms with E-state index in [0.717, 1.165) is 34.2 Å². The third kappa shape index (κ3) is 4.29. The first-order valence-corrected chi connectivity index (χ1v) is 22.6. The van der Waals surface area contributed by atoms with E-state index in [1.165, 1.54) is 72.1 Å². The van der Waals surface area contributed by atoms with Crippen LogP contribution in [0.25, 0.3) is 61.3 Å². The molecule has 1 atom stereocenters. The summed E-state index contributed by atoms with van der Waals surface area (Å²) in [6, 6.07) is 38.6. The monoisotopic (exact) mass is 709 g/mol. The molecule has 5 heterocycles. The maximum atomic E-state index is 7.02. The Kier molecular flexibility index (Phi) is 6.52. The molecule has 1 unspecified atom stereocenters. The normalized spacial score (nSPS) is 16.2. The molecule has 0 saturated heterocycles. The predicted molar refractivity (Wildman–Crippen MR) is 220 cm³/mol. The molecule has 0 bridgehead atoms. The van der Waals surface area contributed by atoms with Crippen LogP contribution in [0.4, 0.5) is 0 Å². The van der Waals surface area contributed by atoms with Crippen LogP contribution in [0.2, 0.25) is 19.6 Å². The van der Waals surface area contributed by atoms with Gasteiger partial charge in [-0.1, -0.05) is 101 Å². The lowest BCUT2D eigenvalue weighted by atomic mass is 9.87. The van der Waals surface area contributed by atoms with Crippen LogP contribution >= 0.6 is 0 Å². The Morgan fingerprint density at radius 1 is 0.755 bits per heavy atom. The number of rotatable bonds is 3. The van der Waals surface area contributed by atoms with Crippen molar-refractivity contribution >= 4 is 46.2 Å². The number of aryl methyl sites for hydroxylation is 3. The molecule has 8 aromatic rings. The van der Waals surface area contributed by atoms with Crippen LogP contribution in [0.15, 0.2) is 114 Å². The summed E-state index contributed by atoms with van der Waals surface area (Å²) in [7, 11) is -1.82. The molecule has 53 heavy (non-hydrogen) atoms. The van der Waals surface area contributed by atoms with Crippen molar-refractivity contribution in [3.8, 4) is 28.3 Å². The lowest BCUT2D eigenvalue weighted by molar-refractivity contribution is -0.944. The summed E-state index contributed by atoms with van der Waals surface area (Å²) in [6.45, 7) is 21.4. The van der Waals surface area contributed by atoms with Crippen LogP contribution < -0.4 is 14.3 Å². The zero-order chi connectivity index (χ0) is 36.8. The van der Waals surface area contributed by atoms with Gasteiger partial charge < -0.3 is 4.42 Å². The molecule has 4 nitrogen and oxygen atoms in total. The van der Waals surface area contributed by atoms with E-state index in [4.69, 9.17) is 4.42 Å². The average Bonchev–Trinajstić information content (AvgIpc) is 3.80. The highest BCUT2D eigenvalue weighted by atomic mass is 28.3. The van der Waals surface area contributed by atoms with Crippen molar-refractivity contribution in [3.05, 3.63) is 143 Å². The molecule has 0 fully saturated rings. The summed E-state index contributed by atoms with van der Waals surface area (Å²) >= 11 is 0. The Labute approximate surface area is 313 Å².